The minimum atomic E-state index is -0.436. The van der Waals surface area contributed by atoms with Crippen LogP contribution in [-0.2, 0) is 4.79 Å². The molecule has 1 amide bonds. The molecule has 3 aromatic rings. The van der Waals surface area contributed by atoms with E-state index in [4.69, 9.17) is 4.42 Å². The van der Waals surface area contributed by atoms with Crippen LogP contribution in [0.3, 0.4) is 0 Å². The highest BCUT2D eigenvalue weighted by Gasteiger charge is 2.43. The Morgan fingerprint density at radius 2 is 1.92 bits per heavy atom. The van der Waals surface area contributed by atoms with Gasteiger partial charge in [-0.1, -0.05) is 49.7 Å². The number of hydrogen-bond acceptors (Lipinski definition) is 6. The van der Waals surface area contributed by atoms with Crippen molar-refractivity contribution < 1.29 is 14.1 Å². The molecule has 3 atom stereocenters. The largest absolute Gasteiger partial charge is 0.457 e. The van der Waals surface area contributed by atoms with Gasteiger partial charge in [0.2, 0.25) is 0 Å². The molecule has 2 aliphatic rings. The molecule has 1 aromatic heterocycles. The van der Waals surface area contributed by atoms with Gasteiger partial charge in [0.05, 0.1) is 9.83 Å². The van der Waals surface area contributed by atoms with Crippen LogP contribution in [0.15, 0.2) is 74.5 Å². The van der Waals surface area contributed by atoms with Gasteiger partial charge in [0.1, 0.15) is 11.5 Å². The summed E-state index contributed by atoms with van der Waals surface area (Å²) in [5, 5.41) is 14.6. The molecule has 7 nitrogen and oxygen atoms in total. The Kier molecular flexibility index (Phi) is 7.20. The SMILES string of the molecule is C[C@H]1CCCC[C@H]1N1C(=O)/C(=C/c2ccc(-c3ccc([N+](=O)[O-])cc3Br)o2)SC1Nc1ccccc1. The second kappa shape index (κ2) is 10.5. The molecule has 186 valence electrons. The number of amides is 1. The van der Waals surface area contributed by atoms with Gasteiger partial charge in [0, 0.05) is 40.0 Å². The average Bonchev–Trinajstić information content (AvgIpc) is 3.44. The molecular formula is C27H26BrN3O4S. The van der Waals surface area contributed by atoms with E-state index in [1.807, 2.05) is 47.4 Å². The number of non-ortho nitro benzene ring substituents is 1. The molecule has 1 N–H and O–H groups in total. The molecule has 9 heteroatoms. The van der Waals surface area contributed by atoms with Crippen molar-refractivity contribution in [3.63, 3.8) is 0 Å². The highest BCUT2D eigenvalue weighted by molar-refractivity contribution is 9.10. The molecular weight excluding hydrogens is 542 g/mol. The number of carbonyl (C=O) groups is 1. The Bertz CT molecular complexity index is 1310. The quantitative estimate of drug-likeness (QED) is 0.188. The van der Waals surface area contributed by atoms with Gasteiger partial charge in [-0.2, -0.15) is 0 Å². The van der Waals surface area contributed by atoms with E-state index < -0.39 is 4.92 Å². The summed E-state index contributed by atoms with van der Waals surface area (Å²) in [5.41, 5.74) is 1.48. The molecule has 2 fully saturated rings. The van der Waals surface area contributed by atoms with E-state index >= 15 is 0 Å². The van der Waals surface area contributed by atoms with Gasteiger partial charge in [0.15, 0.2) is 5.50 Å². The average molecular weight is 568 g/mol. The maximum absolute atomic E-state index is 13.7. The Labute approximate surface area is 222 Å². The van der Waals surface area contributed by atoms with Gasteiger partial charge in [-0.15, -0.1) is 0 Å². The second-order valence-corrected chi connectivity index (χ2v) is 11.1. The number of nitrogens with zero attached hydrogens (tertiary/aromatic N) is 2. The Hall–Kier alpha value is -3.04. The van der Waals surface area contributed by atoms with Crippen LogP contribution in [0, 0.1) is 16.0 Å². The zero-order valence-corrected chi connectivity index (χ0v) is 22.1. The number of hydrogen-bond donors (Lipinski definition) is 1. The predicted octanol–water partition coefficient (Wildman–Crippen LogP) is 7.51. The first kappa shape index (κ1) is 24.6. The third kappa shape index (κ3) is 5.08. The molecule has 1 aliphatic heterocycles. The maximum Gasteiger partial charge on any atom is 0.270 e. The summed E-state index contributed by atoms with van der Waals surface area (Å²) in [6.45, 7) is 2.24. The van der Waals surface area contributed by atoms with E-state index in [1.54, 1.807) is 12.1 Å². The number of para-hydroxylation sites is 1. The Morgan fingerprint density at radius 1 is 1.14 bits per heavy atom. The lowest BCUT2D eigenvalue weighted by Gasteiger charge is -2.39. The summed E-state index contributed by atoms with van der Waals surface area (Å²) in [6, 6.07) is 18.3. The Morgan fingerprint density at radius 3 is 2.64 bits per heavy atom. The topological polar surface area (TPSA) is 88.6 Å². The molecule has 1 unspecified atom stereocenters. The minimum absolute atomic E-state index is 0.00136. The van der Waals surface area contributed by atoms with Gasteiger partial charge in [-0.3, -0.25) is 14.9 Å². The van der Waals surface area contributed by atoms with Crippen molar-refractivity contribution >= 4 is 51.0 Å². The summed E-state index contributed by atoms with van der Waals surface area (Å²) in [4.78, 5) is 26.9. The zero-order valence-electron chi connectivity index (χ0n) is 19.7. The molecule has 36 heavy (non-hydrogen) atoms. The molecule has 0 bridgehead atoms. The number of thioether (sulfide) groups is 1. The summed E-state index contributed by atoms with van der Waals surface area (Å²) in [6.07, 6.45) is 6.27. The first-order valence-corrected chi connectivity index (χ1v) is 13.6. The molecule has 0 radical (unpaired) electrons. The van der Waals surface area contributed by atoms with Crippen LogP contribution in [0.1, 0.15) is 38.4 Å². The zero-order chi connectivity index (χ0) is 25.2. The fraction of sp³-hybridized carbons (Fsp3) is 0.296. The monoisotopic (exact) mass is 567 g/mol. The van der Waals surface area contributed by atoms with E-state index in [0.717, 1.165) is 24.9 Å². The predicted molar refractivity (Wildman–Crippen MR) is 146 cm³/mol. The van der Waals surface area contributed by atoms with Crippen molar-refractivity contribution in [1.29, 1.82) is 0 Å². The molecule has 2 aromatic carbocycles. The summed E-state index contributed by atoms with van der Waals surface area (Å²) in [7, 11) is 0. The van der Waals surface area contributed by atoms with E-state index in [1.165, 1.54) is 30.3 Å². The number of anilines is 1. The van der Waals surface area contributed by atoms with Crippen molar-refractivity contribution in [2.24, 2.45) is 5.92 Å². The van der Waals surface area contributed by atoms with Crippen LogP contribution in [0.25, 0.3) is 17.4 Å². The second-order valence-electron chi connectivity index (χ2n) is 9.15. The molecule has 1 saturated heterocycles. The number of furan rings is 1. The third-order valence-electron chi connectivity index (χ3n) is 6.75. The van der Waals surface area contributed by atoms with Gasteiger partial charge in [-0.25, -0.2) is 0 Å². The fourth-order valence-corrected chi connectivity index (χ4v) is 6.64. The van der Waals surface area contributed by atoms with Crippen LogP contribution in [0.2, 0.25) is 0 Å². The fourth-order valence-electron chi connectivity index (χ4n) is 4.89. The lowest BCUT2D eigenvalue weighted by molar-refractivity contribution is -0.384. The molecule has 2 heterocycles. The summed E-state index contributed by atoms with van der Waals surface area (Å²) >= 11 is 4.91. The van der Waals surface area contributed by atoms with Crippen LogP contribution >= 0.6 is 27.7 Å². The van der Waals surface area contributed by atoms with E-state index in [-0.39, 0.29) is 23.1 Å². The van der Waals surface area contributed by atoms with Crippen molar-refractivity contribution in [2.75, 3.05) is 5.32 Å². The highest BCUT2D eigenvalue weighted by Crippen LogP contribution is 2.42. The smallest absolute Gasteiger partial charge is 0.270 e. The van der Waals surface area contributed by atoms with Gasteiger partial charge in [-0.05, 0) is 65.0 Å². The maximum atomic E-state index is 13.7. The summed E-state index contributed by atoms with van der Waals surface area (Å²) in [5.74, 6) is 1.58. The number of benzene rings is 2. The lowest BCUT2D eigenvalue weighted by atomic mass is 9.85. The summed E-state index contributed by atoms with van der Waals surface area (Å²) < 4.78 is 6.61. The van der Waals surface area contributed by atoms with Crippen molar-refractivity contribution in [2.45, 2.75) is 44.1 Å². The number of carbonyl (C=O) groups excluding carboxylic acids is 1. The van der Waals surface area contributed by atoms with Crippen molar-refractivity contribution in [1.82, 2.24) is 4.90 Å². The normalized spacial score (nSPS) is 23.3. The van der Waals surface area contributed by atoms with E-state index in [9.17, 15) is 14.9 Å². The minimum Gasteiger partial charge on any atom is -0.457 e. The molecule has 5 rings (SSSR count). The van der Waals surface area contributed by atoms with E-state index in [0.29, 0.717) is 32.4 Å². The van der Waals surface area contributed by atoms with Crippen molar-refractivity contribution in [3.8, 4) is 11.3 Å². The standard InChI is InChI=1S/C27H26BrN3O4S/c1-17-7-5-6-10-23(17)30-26(32)25(36-27(30)29-18-8-3-2-4-9-18)16-20-12-14-24(35-20)21-13-11-19(31(33)34)15-22(21)28/h2-4,8-9,11-17,23,27,29H,5-7,10H2,1H3/b25-16-/t17-,23+,27?/m0/s1. The van der Waals surface area contributed by atoms with Crippen LogP contribution in [0.5, 0.6) is 0 Å². The van der Waals surface area contributed by atoms with E-state index in [2.05, 4.69) is 28.2 Å². The van der Waals surface area contributed by atoms with Gasteiger partial charge >= 0.3 is 0 Å². The number of nitrogens with one attached hydrogen (secondary N) is 1. The number of rotatable bonds is 6. The lowest BCUT2D eigenvalue weighted by Crippen LogP contribution is -2.48. The number of halogens is 1. The van der Waals surface area contributed by atoms with Crippen LogP contribution in [0.4, 0.5) is 11.4 Å². The molecule has 1 aliphatic carbocycles. The Balaban J connectivity index is 1.42. The first-order valence-electron chi connectivity index (χ1n) is 12.0. The molecule has 1 saturated carbocycles. The number of nitro groups is 1. The van der Waals surface area contributed by atoms with Gasteiger partial charge < -0.3 is 14.6 Å². The first-order chi connectivity index (χ1) is 17.4. The number of nitro benzene ring substituents is 1. The highest BCUT2D eigenvalue weighted by atomic mass is 79.9. The van der Waals surface area contributed by atoms with Crippen LogP contribution < -0.4 is 5.32 Å². The van der Waals surface area contributed by atoms with Gasteiger partial charge in [0.25, 0.3) is 11.6 Å². The van der Waals surface area contributed by atoms with Crippen LogP contribution in [-0.4, -0.2) is 27.3 Å². The molecule has 0 spiro atoms. The van der Waals surface area contributed by atoms with Crippen molar-refractivity contribution in [3.05, 3.63) is 85.9 Å². The third-order valence-corrected chi connectivity index (χ3v) is 8.52.